The summed E-state index contributed by atoms with van der Waals surface area (Å²) in [6.45, 7) is 2.87. The lowest BCUT2D eigenvalue weighted by Gasteiger charge is -2.14. The predicted molar refractivity (Wildman–Crippen MR) is 119 cm³/mol. The van der Waals surface area contributed by atoms with Crippen LogP contribution in [0.15, 0.2) is 65.7 Å². The van der Waals surface area contributed by atoms with Gasteiger partial charge in [0.1, 0.15) is 12.4 Å². The van der Waals surface area contributed by atoms with Crippen molar-refractivity contribution >= 4 is 35.1 Å². The molecule has 3 aromatic carbocycles. The Kier molecular flexibility index (Phi) is 7.39. The van der Waals surface area contributed by atoms with Gasteiger partial charge in [0, 0.05) is 16.8 Å². The van der Waals surface area contributed by atoms with E-state index in [1.807, 2.05) is 61.5 Å². The molecule has 4 nitrogen and oxygen atoms in total. The molecule has 0 atom stereocenters. The number of nitrogens with zero attached hydrogens (tertiary/aromatic N) is 1. The topological polar surface area (TPSA) is 40.0 Å². The average molecular weight is 430 g/mol. The van der Waals surface area contributed by atoms with Crippen LogP contribution in [0, 0.1) is 0 Å². The zero-order valence-electron chi connectivity index (χ0n) is 16.2. The van der Waals surface area contributed by atoms with Crippen LogP contribution < -0.4 is 14.2 Å². The first-order chi connectivity index (χ1) is 14.1. The number of ether oxygens (including phenoxy) is 3. The first-order valence-electron chi connectivity index (χ1n) is 9.11. The predicted octanol–water partition coefficient (Wildman–Crippen LogP) is 6.73. The molecule has 3 rings (SSSR count). The highest BCUT2D eigenvalue weighted by molar-refractivity contribution is 6.32. The molecule has 0 saturated heterocycles. The Hall–Kier alpha value is -2.69. The van der Waals surface area contributed by atoms with E-state index in [4.69, 9.17) is 37.4 Å². The van der Waals surface area contributed by atoms with Crippen LogP contribution in [-0.2, 0) is 6.61 Å². The van der Waals surface area contributed by atoms with Crippen molar-refractivity contribution in [1.82, 2.24) is 0 Å². The highest BCUT2D eigenvalue weighted by atomic mass is 35.5. The SMILES string of the molecule is CCOc1ccc(N=Cc2cc(Cl)c(OCc3ccccc3Cl)c(OC)c2)cc1. The number of aliphatic imine (C=N–C) groups is 1. The minimum atomic E-state index is 0.287. The largest absolute Gasteiger partial charge is 0.494 e. The van der Waals surface area contributed by atoms with Crippen molar-refractivity contribution in [3.05, 3.63) is 81.8 Å². The second kappa shape index (κ2) is 10.2. The van der Waals surface area contributed by atoms with Gasteiger partial charge >= 0.3 is 0 Å². The molecule has 0 aromatic heterocycles. The summed E-state index contributed by atoms with van der Waals surface area (Å²) in [6.07, 6.45) is 1.72. The molecule has 6 heteroatoms. The fourth-order valence-electron chi connectivity index (χ4n) is 2.66. The summed E-state index contributed by atoms with van der Waals surface area (Å²) in [7, 11) is 1.57. The molecule has 0 N–H and O–H groups in total. The Morgan fingerprint density at radius 3 is 2.38 bits per heavy atom. The van der Waals surface area contributed by atoms with Crippen LogP contribution in [0.1, 0.15) is 18.1 Å². The number of hydrogen-bond donors (Lipinski definition) is 0. The molecule has 0 saturated carbocycles. The molecule has 0 spiro atoms. The Bertz CT molecular complexity index is 988. The summed E-state index contributed by atoms with van der Waals surface area (Å²) in [5.41, 5.74) is 2.47. The molecule has 0 heterocycles. The summed E-state index contributed by atoms with van der Waals surface area (Å²) in [6, 6.07) is 18.7. The van der Waals surface area contributed by atoms with Gasteiger partial charge in [0.05, 0.1) is 24.4 Å². The van der Waals surface area contributed by atoms with Gasteiger partial charge in [-0.2, -0.15) is 0 Å². The van der Waals surface area contributed by atoms with Gasteiger partial charge in [-0.1, -0.05) is 41.4 Å². The molecular weight excluding hydrogens is 409 g/mol. The van der Waals surface area contributed by atoms with Crippen molar-refractivity contribution in [1.29, 1.82) is 0 Å². The second-order valence-corrected chi connectivity index (χ2v) is 6.91. The number of hydrogen-bond acceptors (Lipinski definition) is 4. The summed E-state index contributed by atoms with van der Waals surface area (Å²) in [4.78, 5) is 4.48. The molecule has 0 amide bonds. The normalized spacial score (nSPS) is 10.9. The summed E-state index contributed by atoms with van der Waals surface area (Å²) >= 11 is 12.6. The van der Waals surface area contributed by atoms with Gasteiger partial charge in [-0.25, -0.2) is 0 Å². The van der Waals surface area contributed by atoms with Crippen molar-refractivity contribution in [3.8, 4) is 17.2 Å². The number of halogens is 2. The molecule has 0 unspecified atom stereocenters. The van der Waals surface area contributed by atoms with E-state index in [1.165, 1.54) is 0 Å². The van der Waals surface area contributed by atoms with Crippen LogP contribution in [-0.4, -0.2) is 19.9 Å². The first-order valence-corrected chi connectivity index (χ1v) is 9.87. The van der Waals surface area contributed by atoms with Crippen LogP contribution in [0.2, 0.25) is 10.0 Å². The van der Waals surface area contributed by atoms with Gasteiger partial charge in [0.15, 0.2) is 11.5 Å². The van der Waals surface area contributed by atoms with E-state index in [2.05, 4.69) is 4.99 Å². The number of rotatable bonds is 8. The number of methoxy groups -OCH3 is 1. The van der Waals surface area contributed by atoms with Crippen LogP contribution in [0.25, 0.3) is 0 Å². The summed E-state index contributed by atoms with van der Waals surface area (Å²) < 4.78 is 16.8. The Morgan fingerprint density at radius 2 is 1.69 bits per heavy atom. The van der Waals surface area contributed by atoms with Crippen molar-refractivity contribution in [2.24, 2.45) is 4.99 Å². The van der Waals surface area contributed by atoms with Crippen molar-refractivity contribution in [2.75, 3.05) is 13.7 Å². The van der Waals surface area contributed by atoms with Gasteiger partial charge in [0.2, 0.25) is 0 Å². The average Bonchev–Trinajstić information content (AvgIpc) is 2.73. The molecule has 0 radical (unpaired) electrons. The van der Waals surface area contributed by atoms with Gasteiger partial charge in [-0.15, -0.1) is 0 Å². The van der Waals surface area contributed by atoms with Gasteiger partial charge in [0.25, 0.3) is 0 Å². The molecule has 150 valence electrons. The lowest BCUT2D eigenvalue weighted by Crippen LogP contribution is -2.00. The molecule has 0 bridgehead atoms. The van der Waals surface area contributed by atoms with Crippen molar-refractivity contribution in [3.63, 3.8) is 0 Å². The van der Waals surface area contributed by atoms with E-state index in [9.17, 15) is 0 Å². The third kappa shape index (κ3) is 5.66. The van der Waals surface area contributed by atoms with Crippen molar-refractivity contribution < 1.29 is 14.2 Å². The zero-order chi connectivity index (χ0) is 20.6. The lowest BCUT2D eigenvalue weighted by atomic mass is 10.2. The van der Waals surface area contributed by atoms with Crippen LogP contribution in [0.5, 0.6) is 17.2 Å². The lowest BCUT2D eigenvalue weighted by molar-refractivity contribution is 0.285. The molecule has 29 heavy (non-hydrogen) atoms. The standard InChI is InChI=1S/C23H21Cl2NO3/c1-3-28-19-10-8-18(9-11-19)26-14-16-12-21(25)23(22(13-16)27-2)29-15-17-6-4-5-7-20(17)24/h4-14H,3,15H2,1-2H3. The minimum Gasteiger partial charge on any atom is -0.494 e. The van der Waals surface area contributed by atoms with E-state index >= 15 is 0 Å². The highest BCUT2D eigenvalue weighted by Crippen LogP contribution is 2.37. The van der Waals surface area contributed by atoms with E-state index in [-0.39, 0.29) is 6.61 Å². The quantitative estimate of drug-likeness (QED) is 0.372. The van der Waals surface area contributed by atoms with E-state index in [1.54, 1.807) is 19.4 Å². The smallest absolute Gasteiger partial charge is 0.180 e. The number of benzene rings is 3. The van der Waals surface area contributed by atoms with E-state index < -0.39 is 0 Å². The van der Waals surface area contributed by atoms with Gasteiger partial charge in [-0.05, 0) is 55.0 Å². The molecule has 0 aliphatic heterocycles. The summed E-state index contributed by atoms with van der Waals surface area (Å²) in [5, 5.41) is 1.08. The maximum atomic E-state index is 6.44. The maximum Gasteiger partial charge on any atom is 0.180 e. The van der Waals surface area contributed by atoms with Crippen LogP contribution >= 0.6 is 23.2 Å². The monoisotopic (exact) mass is 429 g/mol. The van der Waals surface area contributed by atoms with Crippen LogP contribution in [0.3, 0.4) is 0 Å². The molecular formula is C23H21Cl2NO3. The van der Waals surface area contributed by atoms with Gasteiger partial charge < -0.3 is 14.2 Å². The third-order valence-corrected chi connectivity index (χ3v) is 4.74. The van der Waals surface area contributed by atoms with Gasteiger partial charge in [-0.3, -0.25) is 4.99 Å². The minimum absolute atomic E-state index is 0.287. The van der Waals surface area contributed by atoms with E-state index in [0.29, 0.717) is 28.2 Å². The maximum absolute atomic E-state index is 6.44. The second-order valence-electron chi connectivity index (χ2n) is 6.10. The first kappa shape index (κ1) is 21.0. The zero-order valence-corrected chi connectivity index (χ0v) is 17.7. The van der Waals surface area contributed by atoms with E-state index in [0.717, 1.165) is 22.6 Å². The fraction of sp³-hybridized carbons (Fsp3) is 0.174. The Labute approximate surface area is 180 Å². The summed E-state index contributed by atoms with van der Waals surface area (Å²) in [5.74, 6) is 1.81. The Balaban J connectivity index is 1.76. The molecule has 0 aliphatic rings. The third-order valence-electron chi connectivity index (χ3n) is 4.09. The highest BCUT2D eigenvalue weighted by Gasteiger charge is 2.12. The van der Waals surface area contributed by atoms with Crippen molar-refractivity contribution in [2.45, 2.75) is 13.5 Å². The Morgan fingerprint density at radius 1 is 0.931 bits per heavy atom. The van der Waals surface area contributed by atoms with Crippen LogP contribution in [0.4, 0.5) is 5.69 Å². The molecule has 0 fully saturated rings. The fourth-order valence-corrected chi connectivity index (χ4v) is 3.13. The molecule has 0 aliphatic carbocycles. The molecule has 3 aromatic rings.